The molecule has 100 valence electrons. The Bertz CT molecular complexity index is 368. The van der Waals surface area contributed by atoms with Crippen LogP contribution < -0.4 is 4.72 Å². The predicted octanol–water partition coefficient (Wildman–Crippen LogP) is -0.178. The van der Waals surface area contributed by atoms with Crippen LogP contribution >= 0.6 is 0 Å². The van der Waals surface area contributed by atoms with Crippen LogP contribution in [0.2, 0.25) is 0 Å². The third-order valence-corrected chi connectivity index (χ3v) is 3.92. The molecule has 1 unspecified atom stereocenters. The predicted molar refractivity (Wildman–Crippen MR) is 60.5 cm³/mol. The molecule has 0 aliphatic carbocycles. The van der Waals surface area contributed by atoms with E-state index in [-0.39, 0.29) is 6.61 Å². The van der Waals surface area contributed by atoms with E-state index < -0.39 is 28.4 Å². The Hall–Kier alpha value is -0.860. The largest absolute Gasteiger partial charge is 0.446 e. The smallest absolute Gasteiger partial charge is 0.422 e. The summed E-state index contributed by atoms with van der Waals surface area (Å²) >= 11 is 0. The minimum Gasteiger partial charge on any atom is -0.446 e. The molecular formula is C9H18N2O5S. The molecule has 1 aliphatic heterocycles. The Balaban J connectivity index is 2.65. The number of amides is 1. The van der Waals surface area contributed by atoms with Crippen molar-refractivity contribution in [2.24, 2.45) is 0 Å². The van der Waals surface area contributed by atoms with Crippen molar-refractivity contribution in [2.45, 2.75) is 38.8 Å². The Morgan fingerprint density at radius 3 is 2.76 bits per heavy atom. The number of rotatable bonds is 4. The Kier molecular flexibility index (Phi) is 4.72. The normalized spacial score (nSPS) is 21.8. The van der Waals surface area contributed by atoms with Crippen molar-refractivity contribution in [3.63, 3.8) is 0 Å². The zero-order chi connectivity index (χ0) is 13.1. The first-order valence-electron chi connectivity index (χ1n) is 5.48. The Morgan fingerprint density at radius 2 is 2.24 bits per heavy atom. The number of hydrogen-bond donors (Lipinski definition) is 2. The molecule has 1 amide bonds. The van der Waals surface area contributed by atoms with Gasteiger partial charge in [0.05, 0.1) is 12.7 Å². The number of carbonyl (C=O) groups is 1. The van der Waals surface area contributed by atoms with E-state index in [4.69, 9.17) is 9.84 Å². The van der Waals surface area contributed by atoms with E-state index >= 15 is 0 Å². The van der Waals surface area contributed by atoms with Crippen molar-refractivity contribution in [2.75, 3.05) is 13.2 Å². The monoisotopic (exact) mass is 266 g/mol. The van der Waals surface area contributed by atoms with Gasteiger partial charge in [-0.1, -0.05) is 0 Å². The van der Waals surface area contributed by atoms with Crippen LogP contribution in [0.1, 0.15) is 26.7 Å². The number of ether oxygens (including phenoxy) is 1. The van der Waals surface area contributed by atoms with Crippen LogP contribution in [0.5, 0.6) is 0 Å². The Morgan fingerprint density at radius 1 is 1.59 bits per heavy atom. The molecule has 0 aromatic heterocycles. The molecule has 1 aliphatic rings. The van der Waals surface area contributed by atoms with Crippen molar-refractivity contribution in [3.8, 4) is 0 Å². The van der Waals surface area contributed by atoms with Gasteiger partial charge in [0.15, 0.2) is 0 Å². The van der Waals surface area contributed by atoms with Gasteiger partial charge in [-0.2, -0.15) is 12.7 Å². The molecule has 1 fully saturated rings. The van der Waals surface area contributed by atoms with Gasteiger partial charge in [-0.05, 0) is 26.7 Å². The third-order valence-electron chi connectivity index (χ3n) is 2.40. The van der Waals surface area contributed by atoms with Gasteiger partial charge >= 0.3 is 16.3 Å². The summed E-state index contributed by atoms with van der Waals surface area (Å²) in [6.07, 6.45) is -0.122. The van der Waals surface area contributed by atoms with Crippen molar-refractivity contribution in [1.29, 1.82) is 0 Å². The quantitative estimate of drug-likeness (QED) is 0.736. The van der Waals surface area contributed by atoms with E-state index in [2.05, 4.69) is 0 Å². The number of nitrogens with one attached hydrogen (secondary N) is 1. The van der Waals surface area contributed by atoms with Crippen molar-refractivity contribution < 1.29 is 23.1 Å². The SMILES string of the molecule is CC(C)OC(=O)NS(=O)(=O)N1CCCC1CO. The highest BCUT2D eigenvalue weighted by Crippen LogP contribution is 2.19. The number of aliphatic hydroxyl groups is 1. The molecule has 1 heterocycles. The molecule has 0 bridgehead atoms. The summed E-state index contributed by atoms with van der Waals surface area (Å²) in [5.74, 6) is 0. The lowest BCUT2D eigenvalue weighted by Gasteiger charge is -2.22. The third kappa shape index (κ3) is 3.83. The van der Waals surface area contributed by atoms with Gasteiger partial charge in [0.25, 0.3) is 0 Å². The minimum atomic E-state index is -3.92. The maximum absolute atomic E-state index is 11.8. The fourth-order valence-corrected chi connectivity index (χ4v) is 3.02. The summed E-state index contributed by atoms with van der Waals surface area (Å²) in [6, 6.07) is -0.459. The fraction of sp³-hybridized carbons (Fsp3) is 0.889. The lowest BCUT2D eigenvalue weighted by Crippen LogP contribution is -2.47. The summed E-state index contributed by atoms with van der Waals surface area (Å²) in [4.78, 5) is 11.2. The minimum absolute atomic E-state index is 0.250. The summed E-state index contributed by atoms with van der Waals surface area (Å²) in [5, 5.41) is 9.03. The summed E-state index contributed by atoms with van der Waals surface area (Å²) in [7, 11) is -3.92. The van der Waals surface area contributed by atoms with E-state index in [1.165, 1.54) is 0 Å². The van der Waals surface area contributed by atoms with Gasteiger partial charge in [-0.3, -0.25) is 0 Å². The molecule has 2 N–H and O–H groups in total. The zero-order valence-corrected chi connectivity index (χ0v) is 10.7. The summed E-state index contributed by atoms with van der Waals surface area (Å²) in [5.41, 5.74) is 0. The van der Waals surface area contributed by atoms with Crippen LogP contribution in [0.3, 0.4) is 0 Å². The van der Waals surface area contributed by atoms with E-state index in [1.54, 1.807) is 13.8 Å². The molecule has 0 spiro atoms. The van der Waals surface area contributed by atoms with E-state index in [0.29, 0.717) is 19.4 Å². The second kappa shape index (κ2) is 5.65. The molecule has 17 heavy (non-hydrogen) atoms. The number of carbonyl (C=O) groups excluding carboxylic acids is 1. The zero-order valence-electron chi connectivity index (χ0n) is 9.92. The van der Waals surface area contributed by atoms with Crippen LogP contribution in [0.4, 0.5) is 4.79 Å². The first-order chi connectivity index (χ1) is 7.86. The molecule has 1 saturated heterocycles. The van der Waals surface area contributed by atoms with Gasteiger partial charge < -0.3 is 9.84 Å². The molecule has 1 atom stereocenters. The molecule has 0 aromatic rings. The van der Waals surface area contributed by atoms with Crippen LogP contribution in [-0.2, 0) is 14.9 Å². The van der Waals surface area contributed by atoms with Gasteiger partial charge in [0.1, 0.15) is 0 Å². The van der Waals surface area contributed by atoms with Gasteiger partial charge in [0, 0.05) is 12.6 Å². The average Bonchev–Trinajstić information content (AvgIpc) is 2.62. The molecule has 7 nitrogen and oxygen atoms in total. The maximum atomic E-state index is 11.8. The average molecular weight is 266 g/mol. The molecule has 0 saturated carbocycles. The van der Waals surface area contributed by atoms with E-state index in [0.717, 1.165) is 4.31 Å². The topological polar surface area (TPSA) is 95.9 Å². The van der Waals surface area contributed by atoms with Crippen LogP contribution in [0.15, 0.2) is 0 Å². The highest BCUT2D eigenvalue weighted by atomic mass is 32.2. The first kappa shape index (κ1) is 14.2. The standard InChI is InChI=1S/C9H18N2O5S/c1-7(2)16-9(13)10-17(14,15)11-5-3-4-8(11)6-12/h7-8,12H,3-6H2,1-2H3,(H,10,13). The van der Waals surface area contributed by atoms with Gasteiger partial charge in [-0.25, -0.2) is 9.52 Å². The van der Waals surface area contributed by atoms with Crippen molar-refractivity contribution in [1.82, 2.24) is 9.03 Å². The van der Waals surface area contributed by atoms with Gasteiger partial charge in [0.2, 0.25) is 0 Å². The van der Waals surface area contributed by atoms with E-state index in [9.17, 15) is 13.2 Å². The van der Waals surface area contributed by atoms with Crippen molar-refractivity contribution >= 4 is 16.3 Å². The van der Waals surface area contributed by atoms with E-state index in [1.807, 2.05) is 4.72 Å². The molecule has 0 aromatic carbocycles. The second-order valence-electron chi connectivity index (χ2n) is 4.15. The van der Waals surface area contributed by atoms with Crippen LogP contribution in [0.25, 0.3) is 0 Å². The fourth-order valence-electron chi connectivity index (χ4n) is 1.71. The number of aliphatic hydroxyl groups excluding tert-OH is 1. The summed E-state index contributed by atoms with van der Waals surface area (Å²) < 4.78 is 31.2. The number of nitrogens with zero attached hydrogens (tertiary/aromatic N) is 1. The lowest BCUT2D eigenvalue weighted by atomic mass is 10.2. The number of hydrogen-bond acceptors (Lipinski definition) is 5. The Labute approximate surface area is 101 Å². The molecular weight excluding hydrogens is 248 g/mol. The van der Waals surface area contributed by atoms with Crippen LogP contribution in [0, 0.1) is 0 Å². The lowest BCUT2D eigenvalue weighted by molar-refractivity contribution is 0.120. The molecule has 1 rings (SSSR count). The second-order valence-corrected chi connectivity index (χ2v) is 5.77. The first-order valence-corrected chi connectivity index (χ1v) is 6.92. The molecule has 8 heteroatoms. The van der Waals surface area contributed by atoms with Gasteiger partial charge in [-0.15, -0.1) is 0 Å². The maximum Gasteiger partial charge on any atom is 0.422 e. The highest BCUT2D eigenvalue weighted by molar-refractivity contribution is 7.87. The molecule has 0 radical (unpaired) electrons. The summed E-state index contributed by atoms with van der Waals surface area (Å²) in [6.45, 7) is 3.30. The highest BCUT2D eigenvalue weighted by Gasteiger charge is 2.35. The van der Waals surface area contributed by atoms with Crippen molar-refractivity contribution in [3.05, 3.63) is 0 Å². The van der Waals surface area contributed by atoms with Crippen LogP contribution in [-0.4, -0.2) is 49.2 Å².